The first-order chi connectivity index (χ1) is 7.26. The maximum atomic E-state index is 13.0. The number of hydrogen-bond donors (Lipinski definition) is 2. The Morgan fingerprint density at radius 1 is 1.38 bits per heavy atom. The van der Waals surface area contributed by atoms with Crippen LogP contribution in [0.2, 0.25) is 10.0 Å². The molecular weight excluding hydrogens is 265 g/mol. The van der Waals surface area contributed by atoms with Gasteiger partial charge in [-0.25, -0.2) is 4.79 Å². The highest BCUT2D eigenvalue weighted by atomic mass is 35.5. The zero-order valence-corrected chi connectivity index (χ0v) is 9.14. The van der Waals surface area contributed by atoms with Crippen LogP contribution in [0.3, 0.4) is 0 Å². The van der Waals surface area contributed by atoms with Crippen LogP contribution in [-0.2, 0) is 4.79 Å². The molecule has 16 heavy (non-hydrogen) atoms. The minimum atomic E-state index is -4.31. The van der Waals surface area contributed by atoms with Crippen LogP contribution in [0.4, 0.5) is 8.78 Å². The maximum absolute atomic E-state index is 13.0. The molecule has 0 amide bonds. The largest absolute Gasteiger partial charge is 0.477 e. The molecule has 1 aromatic rings. The molecule has 2 N–H and O–H groups in total. The Labute approximate surface area is 99.2 Å². The number of aliphatic carboxylic acids is 1. The molecule has 0 bridgehead atoms. The lowest BCUT2D eigenvalue weighted by Crippen LogP contribution is -2.35. The van der Waals surface area contributed by atoms with E-state index in [0.29, 0.717) is 0 Å². The normalized spacial score (nSPS) is 13.6. The van der Waals surface area contributed by atoms with Crippen LogP contribution in [0.25, 0.3) is 0 Å². The standard InChI is InChI=1S/C9H6Cl2F2O3/c10-4-1-2-5(6(11)3-4)7(14)9(12,13)8(15)16/h1-3,7,14H,(H,15,16). The van der Waals surface area contributed by atoms with E-state index in [1.54, 1.807) is 0 Å². The first-order valence-electron chi connectivity index (χ1n) is 4.01. The van der Waals surface area contributed by atoms with E-state index in [1.807, 2.05) is 0 Å². The molecule has 88 valence electrons. The third-order valence-corrected chi connectivity index (χ3v) is 2.45. The molecule has 0 aliphatic rings. The van der Waals surface area contributed by atoms with Crippen LogP contribution >= 0.6 is 23.2 Å². The Balaban J connectivity index is 3.14. The third-order valence-electron chi connectivity index (χ3n) is 1.89. The molecule has 1 aromatic carbocycles. The van der Waals surface area contributed by atoms with E-state index < -0.39 is 23.6 Å². The van der Waals surface area contributed by atoms with Gasteiger partial charge in [-0.2, -0.15) is 8.78 Å². The summed E-state index contributed by atoms with van der Waals surface area (Å²) < 4.78 is 25.9. The molecular formula is C9H6Cl2F2O3. The summed E-state index contributed by atoms with van der Waals surface area (Å²) in [6.45, 7) is 0. The van der Waals surface area contributed by atoms with Gasteiger partial charge in [0, 0.05) is 15.6 Å². The van der Waals surface area contributed by atoms with Gasteiger partial charge in [0.1, 0.15) is 0 Å². The molecule has 3 nitrogen and oxygen atoms in total. The Morgan fingerprint density at radius 2 is 1.94 bits per heavy atom. The molecule has 0 fully saturated rings. The highest BCUT2D eigenvalue weighted by Gasteiger charge is 2.48. The highest BCUT2D eigenvalue weighted by Crippen LogP contribution is 2.36. The van der Waals surface area contributed by atoms with Gasteiger partial charge in [0.05, 0.1) is 0 Å². The second kappa shape index (κ2) is 4.53. The molecule has 1 rings (SSSR count). The van der Waals surface area contributed by atoms with Crippen molar-refractivity contribution >= 4 is 29.2 Å². The molecule has 0 radical (unpaired) electrons. The Bertz CT molecular complexity index is 423. The fraction of sp³-hybridized carbons (Fsp3) is 0.222. The lowest BCUT2D eigenvalue weighted by molar-refractivity contribution is -0.182. The Hall–Kier alpha value is -0.910. The van der Waals surface area contributed by atoms with Crippen molar-refractivity contribution in [2.45, 2.75) is 12.0 Å². The quantitative estimate of drug-likeness (QED) is 0.888. The molecule has 0 spiro atoms. The first-order valence-corrected chi connectivity index (χ1v) is 4.76. The van der Waals surface area contributed by atoms with Crippen molar-refractivity contribution in [3.63, 3.8) is 0 Å². The van der Waals surface area contributed by atoms with Gasteiger partial charge in [0.2, 0.25) is 0 Å². The topological polar surface area (TPSA) is 57.5 Å². The highest BCUT2D eigenvalue weighted by molar-refractivity contribution is 6.35. The van der Waals surface area contributed by atoms with E-state index in [0.717, 1.165) is 12.1 Å². The number of halogens is 4. The second-order valence-corrected chi connectivity index (χ2v) is 3.84. The molecule has 0 heterocycles. The van der Waals surface area contributed by atoms with Crippen molar-refractivity contribution in [3.05, 3.63) is 33.8 Å². The molecule has 7 heteroatoms. The number of benzene rings is 1. The minimum absolute atomic E-state index is 0.194. The molecule has 1 unspecified atom stereocenters. The lowest BCUT2D eigenvalue weighted by Gasteiger charge is -2.19. The summed E-state index contributed by atoms with van der Waals surface area (Å²) in [6.07, 6.45) is -2.52. The number of alkyl halides is 2. The molecule has 0 aliphatic heterocycles. The van der Waals surface area contributed by atoms with E-state index in [4.69, 9.17) is 28.3 Å². The van der Waals surface area contributed by atoms with Crippen LogP contribution in [0, 0.1) is 0 Å². The van der Waals surface area contributed by atoms with Gasteiger partial charge < -0.3 is 10.2 Å². The number of carboxylic acids is 1. The molecule has 0 saturated heterocycles. The van der Waals surface area contributed by atoms with Gasteiger partial charge in [0.15, 0.2) is 6.10 Å². The number of aliphatic hydroxyl groups is 1. The molecule has 0 saturated carbocycles. The number of hydrogen-bond acceptors (Lipinski definition) is 2. The molecule has 1 atom stereocenters. The SMILES string of the molecule is O=C(O)C(F)(F)C(O)c1ccc(Cl)cc1Cl. The van der Waals surface area contributed by atoms with Gasteiger partial charge in [-0.3, -0.25) is 0 Å². The van der Waals surface area contributed by atoms with E-state index >= 15 is 0 Å². The summed E-state index contributed by atoms with van der Waals surface area (Å²) in [5.74, 6) is -6.73. The van der Waals surface area contributed by atoms with Crippen molar-refractivity contribution in [2.24, 2.45) is 0 Å². The molecule has 0 aliphatic carbocycles. The van der Waals surface area contributed by atoms with Gasteiger partial charge >= 0.3 is 11.9 Å². The second-order valence-electron chi connectivity index (χ2n) is 3.00. The van der Waals surface area contributed by atoms with Crippen LogP contribution in [0.1, 0.15) is 11.7 Å². The summed E-state index contributed by atoms with van der Waals surface area (Å²) >= 11 is 11.1. The Morgan fingerprint density at radius 3 is 2.38 bits per heavy atom. The fourth-order valence-electron chi connectivity index (χ4n) is 1.04. The summed E-state index contributed by atoms with van der Waals surface area (Å²) in [6, 6.07) is 3.41. The predicted octanol–water partition coefficient (Wildman–Crippen LogP) is 2.75. The van der Waals surface area contributed by atoms with Crippen LogP contribution in [0.15, 0.2) is 18.2 Å². The van der Waals surface area contributed by atoms with E-state index in [1.165, 1.54) is 6.07 Å². The molecule has 0 aromatic heterocycles. The number of rotatable bonds is 3. The van der Waals surface area contributed by atoms with Crippen molar-refractivity contribution in [1.82, 2.24) is 0 Å². The van der Waals surface area contributed by atoms with Crippen molar-refractivity contribution in [2.75, 3.05) is 0 Å². The van der Waals surface area contributed by atoms with Crippen LogP contribution in [-0.4, -0.2) is 22.1 Å². The predicted molar refractivity (Wildman–Crippen MR) is 54.0 cm³/mol. The monoisotopic (exact) mass is 270 g/mol. The zero-order valence-electron chi connectivity index (χ0n) is 7.62. The lowest BCUT2D eigenvalue weighted by atomic mass is 10.0. The average Bonchev–Trinajstić information content (AvgIpc) is 2.16. The van der Waals surface area contributed by atoms with Gasteiger partial charge in [-0.1, -0.05) is 29.3 Å². The smallest absolute Gasteiger partial charge is 0.377 e. The van der Waals surface area contributed by atoms with E-state index in [2.05, 4.69) is 0 Å². The van der Waals surface area contributed by atoms with Crippen molar-refractivity contribution in [3.8, 4) is 0 Å². The first kappa shape index (κ1) is 13.2. The van der Waals surface area contributed by atoms with Crippen LogP contribution < -0.4 is 0 Å². The van der Waals surface area contributed by atoms with Crippen LogP contribution in [0.5, 0.6) is 0 Å². The van der Waals surface area contributed by atoms with Gasteiger partial charge in [0.25, 0.3) is 0 Å². The third kappa shape index (κ3) is 2.42. The summed E-state index contributed by atoms with van der Waals surface area (Å²) in [7, 11) is 0. The number of carboxylic acid groups (broad SMARTS) is 1. The zero-order chi connectivity index (χ0) is 12.5. The Kier molecular flexibility index (Phi) is 3.72. The van der Waals surface area contributed by atoms with Crippen molar-refractivity contribution < 1.29 is 23.8 Å². The van der Waals surface area contributed by atoms with E-state index in [-0.39, 0.29) is 10.0 Å². The van der Waals surface area contributed by atoms with E-state index in [9.17, 15) is 18.7 Å². The average molecular weight is 271 g/mol. The van der Waals surface area contributed by atoms with Gasteiger partial charge in [-0.05, 0) is 12.1 Å². The number of aliphatic hydroxyl groups excluding tert-OH is 1. The number of carbonyl (C=O) groups is 1. The fourth-order valence-corrected chi connectivity index (χ4v) is 1.55. The summed E-state index contributed by atoms with van der Waals surface area (Å²) in [4.78, 5) is 10.2. The van der Waals surface area contributed by atoms with Crippen molar-refractivity contribution in [1.29, 1.82) is 0 Å². The van der Waals surface area contributed by atoms with Gasteiger partial charge in [-0.15, -0.1) is 0 Å². The minimum Gasteiger partial charge on any atom is -0.477 e. The summed E-state index contributed by atoms with van der Waals surface area (Å²) in [5, 5.41) is 17.4. The maximum Gasteiger partial charge on any atom is 0.377 e. The summed E-state index contributed by atoms with van der Waals surface area (Å²) in [5.41, 5.74) is -0.390.